The van der Waals surface area contributed by atoms with Crippen LogP contribution in [0.1, 0.15) is 11.1 Å². The number of nitrogens with one attached hydrogen (secondary N) is 1. The van der Waals surface area contributed by atoms with E-state index in [2.05, 4.69) is 27.3 Å². The number of hydrogen-bond acceptors (Lipinski definition) is 4. The Bertz CT molecular complexity index is 1260. The number of methoxy groups -OCH3 is 1. The molecule has 0 aliphatic heterocycles. The molecule has 0 saturated heterocycles. The number of nitriles is 1. The average molecular weight is 567 g/mol. The summed E-state index contributed by atoms with van der Waals surface area (Å²) in [4.78, 5) is 12.3. The first-order chi connectivity index (χ1) is 15.8. The van der Waals surface area contributed by atoms with Crippen LogP contribution >= 0.6 is 50.7 Å². The van der Waals surface area contributed by atoms with E-state index in [0.29, 0.717) is 47.9 Å². The lowest BCUT2D eigenvalue weighted by Gasteiger charge is -2.14. The van der Waals surface area contributed by atoms with Crippen LogP contribution in [0.2, 0.25) is 15.1 Å². The Hall–Kier alpha value is -2.69. The van der Waals surface area contributed by atoms with Crippen molar-refractivity contribution in [1.29, 1.82) is 5.26 Å². The van der Waals surface area contributed by atoms with E-state index < -0.39 is 0 Å². The highest BCUT2D eigenvalue weighted by atomic mass is 79.9. The lowest BCUT2D eigenvalue weighted by molar-refractivity contribution is -0.118. The molecule has 3 aromatic carbocycles. The summed E-state index contributed by atoms with van der Waals surface area (Å²) >= 11 is 21.2. The van der Waals surface area contributed by atoms with Gasteiger partial charge in [-0.3, -0.25) is 4.79 Å². The molecule has 1 N–H and O–H groups in total. The van der Waals surface area contributed by atoms with E-state index in [-0.39, 0.29) is 12.5 Å². The van der Waals surface area contributed by atoms with Gasteiger partial charge in [-0.05, 0) is 75.6 Å². The molecule has 0 heterocycles. The summed E-state index contributed by atoms with van der Waals surface area (Å²) in [5.41, 5.74) is 2.39. The number of hydrogen-bond donors (Lipinski definition) is 1. The molecule has 0 fully saturated rings. The molecule has 168 valence electrons. The van der Waals surface area contributed by atoms with Crippen LogP contribution in [0.25, 0.3) is 11.6 Å². The molecular formula is C24H16BrCl3N2O3. The standard InChI is InChI=1S/C24H16BrCl3N2O3/c1-32-22-10-14(8-16(12-29)15-2-4-17(26)5-3-15)9-19(25)24(22)33-13-23(31)30-18-6-7-20(27)21(28)11-18/h2-11H,13H2,1H3,(H,30,31)/b16-8+. The number of benzene rings is 3. The number of anilines is 1. The monoisotopic (exact) mass is 564 g/mol. The number of halogens is 4. The van der Waals surface area contributed by atoms with Crippen molar-refractivity contribution in [3.63, 3.8) is 0 Å². The summed E-state index contributed by atoms with van der Waals surface area (Å²) in [5, 5.41) is 13.6. The first-order valence-electron chi connectivity index (χ1n) is 9.43. The van der Waals surface area contributed by atoms with Gasteiger partial charge in [0.1, 0.15) is 0 Å². The Kier molecular flexibility index (Phi) is 8.65. The van der Waals surface area contributed by atoms with Crippen molar-refractivity contribution in [2.45, 2.75) is 0 Å². The summed E-state index contributed by atoms with van der Waals surface area (Å²) in [7, 11) is 1.49. The van der Waals surface area contributed by atoms with Crippen LogP contribution in [-0.4, -0.2) is 19.6 Å². The van der Waals surface area contributed by atoms with Crippen LogP contribution in [0.4, 0.5) is 5.69 Å². The first-order valence-corrected chi connectivity index (χ1v) is 11.4. The van der Waals surface area contributed by atoms with Crippen molar-refractivity contribution in [2.24, 2.45) is 0 Å². The fourth-order valence-corrected chi connectivity index (χ4v) is 3.85. The fourth-order valence-electron chi connectivity index (χ4n) is 2.85. The van der Waals surface area contributed by atoms with Crippen LogP contribution in [-0.2, 0) is 4.79 Å². The predicted octanol–water partition coefficient (Wildman–Crippen LogP) is 7.50. The molecule has 0 aliphatic rings. The normalized spacial score (nSPS) is 11.0. The summed E-state index contributed by atoms with van der Waals surface area (Å²) < 4.78 is 11.7. The summed E-state index contributed by atoms with van der Waals surface area (Å²) in [6.07, 6.45) is 1.72. The SMILES string of the molecule is COc1cc(/C=C(\C#N)c2ccc(Cl)cc2)cc(Br)c1OCC(=O)Nc1ccc(Cl)c(Cl)c1. The zero-order valence-electron chi connectivity index (χ0n) is 17.2. The van der Waals surface area contributed by atoms with Gasteiger partial charge in [-0.2, -0.15) is 5.26 Å². The van der Waals surface area contributed by atoms with Gasteiger partial charge in [0.05, 0.1) is 33.3 Å². The minimum absolute atomic E-state index is 0.265. The van der Waals surface area contributed by atoms with E-state index in [1.165, 1.54) is 7.11 Å². The number of ether oxygens (including phenoxy) is 2. The summed E-state index contributed by atoms with van der Waals surface area (Å²) in [5.74, 6) is 0.358. The van der Waals surface area contributed by atoms with Crippen LogP contribution in [0, 0.1) is 11.3 Å². The second-order valence-electron chi connectivity index (χ2n) is 6.68. The third kappa shape index (κ3) is 6.66. The van der Waals surface area contributed by atoms with Crippen molar-refractivity contribution in [3.05, 3.63) is 85.3 Å². The Balaban J connectivity index is 1.77. The van der Waals surface area contributed by atoms with Crippen molar-refractivity contribution < 1.29 is 14.3 Å². The van der Waals surface area contributed by atoms with Gasteiger partial charge in [0.25, 0.3) is 5.91 Å². The van der Waals surface area contributed by atoms with E-state index in [9.17, 15) is 10.1 Å². The maximum absolute atomic E-state index is 12.3. The van der Waals surface area contributed by atoms with Crippen LogP contribution in [0.15, 0.2) is 59.1 Å². The van der Waals surface area contributed by atoms with Crippen molar-refractivity contribution in [2.75, 3.05) is 19.0 Å². The Labute approximate surface area is 214 Å². The summed E-state index contributed by atoms with van der Waals surface area (Å²) in [6, 6.07) is 17.4. The molecule has 0 unspecified atom stereocenters. The van der Waals surface area contributed by atoms with Gasteiger partial charge in [0.2, 0.25) is 0 Å². The molecular weight excluding hydrogens is 551 g/mol. The zero-order chi connectivity index (χ0) is 24.0. The Morgan fingerprint density at radius 1 is 1.09 bits per heavy atom. The second kappa shape index (κ2) is 11.4. The molecule has 0 bridgehead atoms. The molecule has 5 nitrogen and oxygen atoms in total. The number of carbonyl (C=O) groups is 1. The highest BCUT2D eigenvalue weighted by Gasteiger charge is 2.14. The third-order valence-corrected chi connectivity index (χ3v) is 5.97. The van der Waals surface area contributed by atoms with Crippen LogP contribution < -0.4 is 14.8 Å². The van der Waals surface area contributed by atoms with E-state index in [0.717, 1.165) is 5.56 Å². The Morgan fingerprint density at radius 2 is 1.82 bits per heavy atom. The van der Waals surface area contributed by atoms with Gasteiger partial charge < -0.3 is 14.8 Å². The highest BCUT2D eigenvalue weighted by molar-refractivity contribution is 9.10. The molecule has 0 atom stereocenters. The van der Waals surface area contributed by atoms with E-state index >= 15 is 0 Å². The maximum atomic E-state index is 12.3. The molecule has 9 heteroatoms. The Morgan fingerprint density at radius 3 is 2.45 bits per heavy atom. The van der Waals surface area contributed by atoms with Gasteiger partial charge in [-0.1, -0.05) is 46.9 Å². The summed E-state index contributed by atoms with van der Waals surface area (Å²) in [6.45, 7) is -0.265. The smallest absolute Gasteiger partial charge is 0.262 e. The molecule has 1 amide bonds. The van der Waals surface area contributed by atoms with E-state index in [1.807, 2.05) is 0 Å². The molecule has 0 saturated carbocycles. The number of amides is 1. The fraction of sp³-hybridized carbons (Fsp3) is 0.0833. The number of rotatable bonds is 7. The zero-order valence-corrected chi connectivity index (χ0v) is 21.0. The number of nitrogens with zero attached hydrogens (tertiary/aromatic N) is 1. The van der Waals surface area contributed by atoms with Crippen molar-refractivity contribution in [3.8, 4) is 17.6 Å². The quantitative estimate of drug-likeness (QED) is 0.238. The van der Waals surface area contributed by atoms with Crippen LogP contribution in [0.3, 0.4) is 0 Å². The van der Waals surface area contributed by atoms with Crippen molar-refractivity contribution in [1.82, 2.24) is 0 Å². The lowest BCUT2D eigenvalue weighted by Crippen LogP contribution is -2.20. The van der Waals surface area contributed by atoms with Gasteiger partial charge in [-0.15, -0.1) is 0 Å². The highest BCUT2D eigenvalue weighted by Crippen LogP contribution is 2.37. The van der Waals surface area contributed by atoms with Gasteiger partial charge in [-0.25, -0.2) is 0 Å². The molecule has 0 aromatic heterocycles. The molecule has 0 spiro atoms. The van der Waals surface area contributed by atoms with Gasteiger partial charge in [0, 0.05) is 10.7 Å². The third-order valence-electron chi connectivity index (χ3n) is 4.39. The lowest BCUT2D eigenvalue weighted by atomic mass is 10.0. The molecule has 0 aliphatic carbocycles. The van der Waals surface area contributed by atoms with E-state index in [1.54, 1.807) is 60.7 Å². The van der Waals surface area contributed by atoms with Gasteiger partial charge in [0.15, 0.2) is 18.1 Å². The molecule has 33 heavy (non-hydrogen) atoms. The molecule has 0 radical (unpaired) electrons. The average Bonchev–Trinajstić information content (AvgIpc) is 2.79. The van der Waals surface area contributed by atoms with E-state index in [4.69, 9.17) is 44.3 Å². The number of allylic oxidation sites excluding steroid dienone is 1. The first kappa shape index (κ1) is 24.9. The molecule has 3 aromatic rings. The largest absolute Gasteiger partial charge is 0.493 e. The van der Waals surface area contributed by atoms with Crippen molar-refractivity contribution >= 4 is 74.0 Å². The topological polar surface area (TPSA) is 71.3 Å². The van der Waals surface area contributed by atoms with Crippen LogP contribution in [0.5, 0.6) is 11.5 Å². The maximum Gasteiger partial charge on any atom is 0.262 e. The number of carbonyl (C=O) groups excluding carboxylic acids is 1. The predicted molar refractivity (Wildman–Crippen MR) is 136 cm³/mol. The molecule has 3 rings (SSSR count). The second-order valence-corrected chi connectivity index (χ2v) is 8.78. The minimum atomic E-state index is -0.388. The minimum Gasteiger partial charge on any atom is -0.493 e. The van der Waals surface area contributed by atoms with Gasteiger partial charge >= 0.3 is 0 Å².